The molecule has 0 aliphatic rings. The molecule has 10 heteroatoms. The molecule has 0 fully saturated rings. The van der Waals surface area contributed by atoms with Crippen LogP contribution in [0.15, 0.2) is 16.5 Å². The Labute approximate surface area is 102 Å². The average molecular weight is 287 g/mol. The van der Waals surface area contributed by atoms with Gasteiger partial charge in [0.05, 0.1) is 6.54 Å². The van der Waals surface area contributed by atoms with Crippen LogP contribution in [0.4, 0.5) is 22.0 Å². The van der Waals surface area contributed by atoms with Crippen molar-refractivity contribution >= 4 is 11.9 Å². The molecule has 0 aliphatic heterocycles. The number of hydrogen-bond acceptors (Lipinski definition) is 3. The topological polar surface area (TPSA) is 79.5 Å². The first-order chi connectivity index (χ1) is 8.55. The number of carboxylic acid groups (broad SMARTS) is 1. The van der Waals surface area contributed by atoms with Crippen molar-refractivity contribution in [2.24, 2.45) is 0 Å². The molecule has 0 unspecified atom stereocenters. The first-order valence-corrected chi connectivity index (χ1v) is 4.60. The van der Waals surface area contributed by atoms with Crippen molar-refractivity contribution in [3.05, 3.63) is 23.7 Å². The summed E-state index contributed by atoms with van der Waals surface area (Å²) in [5, 5.41) is 9.76. The first-order valence-electron chi connectivity index (χ1n) is 4.60. The summed E-state index contributed by atoms with van der Waals surface area (Å²) in [6.07, 6.45) is -6.01. The van der Waals surface area contributed by atoms with Crippen LogP contribution in [0.2, 0.25) is 0 Å². The molecular weight excluding hydrogens is 281 g/mol. The average Bonchev–Trinajstić information content (AvgIpc) is 2.72. The van der Waals surface area contributed by atoms with Crippen LogP contribution in [0.3, 0.4) is 0 Å². The van der Waals surface area contributed by atoms with Crippen LogP contribution in [0, 0.1) is 0 Å². The number of hydrogen-bond donors (Lipinski definition) is 2. The minimum absolute atomic E-state index is 0.274. The number of carboxylic acids is 1. The van der Waals surface area contributed by atoms with Crippen molar-refractivity contribution in [1.29, 1.82) is 0 Å². The third kappa shape index (κ3) is 3.20. The molecule has 0 bridgehead atoms. The molecule has 1 aromatic rings. The first kappa shape index (κ1) is 14.9. The van der Waals surface area contributed by atoms with E-state index in [1.807, 2.05) is 0 Å². The maximum Gasteiger partial charge on any atom is 0.463 e. The van der Waals surface area contributed by atoms with Crippen LogP contribution >= 0.6 is 0 Å². The Bertz CT molecular complexity index is 493. The van der Waals surface area contributed by atoms with Crippen molar-refractivity contribution < 1.29 is 41.1 Å². The molecule has 2 N–H and O–H groups in total. The van der Waals surface area contributed by atoms with Crippen molar-refractivity contribution in [1.82, 2.24) is 5.32 Å². The fraction of sp³-hybridized carbons (Fsp3) is 0.333. The predicted molar refractivity (Wildman–Crippen MR) is 48.5 cm³/mol. The van der Waals surface area contributed by atoms with E-state index in [0.717, 1.165) is 12.1 Å². The van der Waals surface area contributed by atoms with Gasteiger partial charge >= 0.3 is 24.0 Å². The summed E-state index contributed by atoms with van der Waals surface area (Å²) < 4.78 is 65.0. The van der Waals surface area contributed by atoms with E-state index in [1.54, 1.807) is 0 Å². The van der Waals surface area contributed by atoms with Gasteiger partial charge in [0.15, 0.2) is 0 Å². The maximum absolute atomic E-state index is 12.5. The minimum atomic E-state index is -6.01. The molecule has 1 amide bonds. The highest BCUT2D eigenvalue weighted by molar-refractivity contribution is 5.85. The van der Waals surface area contributed by atoms with Gasteiger partial charge in [-0.3, -0.25) is 4.79 Å². The Balaban J connectivity index is 2.66. The number of nitrogens with one attached hydrogen (secondary N) is 1. The zero-order valence-electron chi connectivity index (χ0n) is 8.92. The molecule has 0 atom stereocenters. The zero-order chi connectivity index (χ0) is 14.8. The molecular formula is C9H6F5NO4. The summed E-state index contributed by atoms with van der Waals surface area (Å²) in [6, 6.07) is 1.99. The molecule has 0 radical (unpaired) electrons. The largest absolute Gasteiger partial charge is 0.475 e. The molecule has 0 saturated carbocycles. The molecule has 1 rings (SSSR count). The SMILES string of the molecule is O=C(O)c1ccc(CNC(=O)C(F)(F)C(F)(F)F)o1. The van der Waals surface area contributed by atoms with Gasteiger partial charge < -0.3 is 14.8 Å². The number of halogens is 5. The molecule has 106 valence electrons. The lowest BCUT2D eigenvalue weighted by Crippen LogP contribution is -2.50. The molecule has 1 heterocycles. The second-order valence-corrected chi connectivity index (χ2v) is 3.33. The van der Waals surface area contributed by atoms with Crippen molar-refractivity contribution in [3.63, 3.8) is 0 Å². The summed E-state index contributed by atoms with van der Waals surface area (Å²) in [5.41, 5.74) is 0. The molecule has 0 spiro atoms. The fourth-order valence-electron chi connectivity index (χ4n) is 0.995. The van der Waals surface area contributed by atoms with Gasteiger partial charge in [-0.25, -0.2) is 4.79 Å². The van der Waals surface area contributed by atoms with E-state index in [2.05, 4.69) is 4.42 Å². The number of rotatable bonds is 4. The Hall–Kier alpha value is -2.13. The minimum Gasteiger partial charge on any atom is -0.475 e. The van der Waals surface area contributed by atoms with Crippen LogP contribution < -0.4 is 5.32 Å². The van der Waals surface area contributed by atoms with Crippen molar-refractivity contribution in [2.45, 2.75) is 18.6 Å². The van der Waals surface area contributed by atoms with Crippen molar-refractivity contribution in [2.75, 3.05) is 0 Å². The van der Waals surface area contributed by atoms with Crippen LogP contribution in [-0.4, -0.2) is 29.1 Å². The van der Waals surface area contributed by atoms with Gasteiger partial charge in [-0.15, -0.1) is 0 Å². The summed E-state index contributed by atoms with van der Waals surface area (Å²) in [5.74, 6) is -10.3. The fourth-order valence-corrected chi connectivity index (χ4v) is 0.995. The predicted octanol–water partition coefficient (Wildman–Crippen LogP) is 1.79. The van der Waals surface area contributed by atoms with E-state index in [9.17, 15) is 31.5 Å². The quantitative estimate of drug-likeness (QED) is 0.827. The lowest BCUT2D eigenvalue weighted by molar-refractivity contribution is -0.269. The summed E-state index contributed by atoms with van der Waals surface area (Å²) >= 11 is 0. The maximum atomic E-state index is 12.5. The van der Waals surface area contributed by atoms with Crippen molar-refractivity contribution in [3.8, 4) is 0 Å². The van der Waals surface area contributed by atoms with E-state index >= 15 is 0 Å². The third-order valence-corrected chi connectivity index (χ3v) is 1.94. The van der Waals surface area contributed by atoms with Crippen LogP contribution in [-0.2, 0) is 11.3 Å². The summed E-state index contributed by atoms with van der Waals surface area (Å²) in [4.78, 5) is 21.1. The van der Waals surface area contributed by atoms with E-state index in [4.69, 9.17) is 5.11 Å². The highest BCUT2D eigenvalue weighted by atomic mass is 19.4. The number of alkyl halides is 5. The lowest BCUT2D eigenvalue weighted by atomic mass is 10.3. The molecule has 0 aliphatic carbocycles. The van der Waals surface area contributed by atoms with Gasteiger partial charge in [0.1, 0.15) is 5.76 Å². The smallest absolute Gasteiger partial charge is 0.463 e. The van der Waals surface area contributed by atoms with E-state index in [1.165, 1.54) is 5.32 Å². The number of aromatic carboxylic acids is 1. The van der Waals surface area contributed by atoms with Crippen LogP contribution in [0.5, 0.6) is 0 Å². The molecule has 1 aromatic heterocycles. The highest BCUT2D eigenvalue weighted by Gasteiger charge is 2.63. The Morgan fingerprint density at radius 2 is 1.79 bits per heavy atom. The van der Waals surface area contributed by atoms with Gasteiger partial charge in [-0.1, -0.05) is 0 Å². The van der Waals surface area contributed by atoms with E-state index in [-0.39, 0.29) is 5.76 Å². The number of carbonyl (C=O) groups excluding carboxylic acids is 1. The van der Waals surface area contributed by atoms with E-state index in [0.29, 0.717) is 0 Å². The number of carbonyl (C=O) groups is 2. The van der Waals surface area contributed by atoms with Gasteiger partial charge in [-0.05, 0) is 12.1 Å². The molecule has 0 aromatic carbocycles. The number of amides is 1. The Morgan fingerprint density at radius 3 is 2.21 bits per heavy atom. The molecule has 5 nitrogen and oxygen atoms in total. The normalized spacial score (nSPS) is 12.3. The molecule has 19 heavy (non-hydrogen) atoms. The third-order valence-electron chi connectivity index (χ3n) is 1.94. The monoisotopic (exact) mass is 287 g/mol. The summed E-state index contributed by atoms with van der Waals surface area (Å²) in [7, 11) is 0. The second kappa shape index (κ2) is 4.86. The van der Waals surface area contributed by atoms with Crippen LogP contribution in [0.25, 0.3) is 0 Å². The summed E-state index contributed by atoms with van der Waals surface area (Å²) in [6.45, 7) is -0.794. The number of furan rings is 1. The molecule has 0 saturated heterocycles. The standard InChI is InChI=1S/C9H6F5NO4/c10-8(11,9(12,13)14)7(18)15-3-4-1-2-5(19-4)6(16)17/h1-2H,3H2,(H,15,18)(H,16,17). The highest BCUT2D eigenvalue weighted by Crippen LogP contribution is 2.35. The zero-order valence-corrected chi connectivity index (χ0v) is 8.92. The van der Waals surface area contributed by atoms with E-state index < -0.39 is 36.3 Å². The second-order valence-electron chi connectivity index (χ2n) is 3.33. The Morgan fingerprint density at radius 1 is 1.21 bits per heavy atom. The van der Waals surface area contributed by atoms with Gasteiger partial charge in [-0.2, -0.15) is 22.0 Å². The van der Waals surface area contributed by atoms with Crippen LogP contribution in [0.1, 0.15) is 16.3 Å². The lowest BCUT2D eigenvalue weighted by Gasteiger charge is -2.18. The van der Waals surface area contributed by atoms with Gasteiger partial charge in [0, 0.05) is 0 Å². The van der Waals surface area contributed by atoms with Gasteiger partial charge in [0.25, 0.3) is 0 Å². The Kier molecular flexibility index (Phi) is 3.82. The van der Waals surface area contributed by atoms with Gasteiger partial charge in [0.2, 0.25) is 5.76 Å².